The normalized spacial score (nSPS) is 20.5. The molecule has 4 rings (SSSR count). The van der Waals surface area contributed by atoms with Crippen LogP contribution in [0.4, 0.5) is 0 Å². The molecule has 1 amide bonds. The summed E-state index contributed by atoms with van der Waals surface area (Å²) in [5.74, 6) is 0.191. The average molecular weight is 275 g/mol. The molecule has 0 atom stereocenters. The van der Waals surface area contributed by atoms with Crippen LogP contribution in [0, 0.1) is 0 Å². The van der Waals surface area contributed by atoms with Crippen molar-refractivity contribution in [2.75, 3.05) is 0 Å². The second-order valence-corrected chi connectivity index (χ2v) is 6.16. The highest BCUT2D eigenvalue weighted by atomic mass is 35.5. The van der Waals surface area contributed by atoms with Gasteiger partial charge in [0.1, 0.15) is 0 Å². The van der Waals surface area contributed by atoms with Gasteiger partial charge in [0.2, 0.25) is 5.91 Å². The van der Waals surface area contributed by atoms with E-state index in [0.29, 0.717) is 11.1 Å². The molecule has 2 N–H and O–H groups in total. The number of fused-ring (bicyclic) bond motifs is 1. The lowest BCUT2D eigenvalue weighted by molar-refractivity contribution is -0.123. The van der Waals surface area contributed by atoms with Gasteiger partial charge in [-0.05, 0) is 49.4 Å². The van der Waals surface area contributed by atoms with Crippen molar-refractivity contribution >= 4 is 28.4 Å². The average Bonchev–Trinajstić information content (AvgIpc) is 3.29. The Hall–Kier alpha value is -1.48. The van der Waals surface area contributed by atoms with Gasteiger partial charge in [-0.15, -0.1) is 0 Å². The first-order valence-corrected chi connectivity index (χ1v) is 7.15. The molecule has 4 heteroatoms. The molecule has 98 valence electrons. The highest BCUT2D eigenvalue weighted by Crippen LogP contribution is 2.51. The molecule has 0 radical (unpaired) electrons. The number of aromatic amines is 1. The monoisotopic (exact) mass is 274 g/mol. The van der Waals surface area contributed by atoms with Crippen molar-refractivity contribution in [2.24, 2.45) is 0 Å². The van der Waals surface area contributed by atoms with Crippen LogP contribution >= 0.6 is 11.6 Å². The number of hydrogen-bond acceptors (Lipinski definition) is 1. The van der Waals surface area contributed by atoms with E-state index in [4.69, 9.17) is 11.6 Å². The van der Waals surface area contributed by atoms with E-state index < -0.39 is 0 Å². The predicted octanol–water partition coefficient (Wildman–Crippen LogP) is 3.13. The maximum Gasteiger partial charge on any atom is 0.230 e. The molecule has 2 aliphatic rings. The molecule has 0 bridgehead atoms. The van der Waals surface area contributed by atoms with E-state index in [9.17, 15) is 4.79 Å². The number of rotatable bonds is 3. The summed E-state index contributed by atoms with van der Waals surface area (Å²) in [5, 5.41) is 4.93. The summed E-state index contributed by atoms with van der Waals surface area (Å²) in [4.78, 5) is 15.7. The number of hydrogen-bond donors (Lipinski definition) is 2. The third-order valence-corrected chi connectivity index (χ3v) is 4.49. The van der Waals surface area contributed by atoms with Crippen molar-refractivity contribution in [3.8, 4) is 0 Å². The molecule has 0 spiro atoms. The van der Waals surface area contributed by atoms with Gasteiger partial charge in [0.05, 0.1) is 5.41 Å². The Morgan fingerprint density at radius 2 is 2.16 bits per heavy atom. The summed E-state index contributed by atoms with van der Waals surface area (Å²) in [7, 11) is 0. The molecule has 1 aromatic heterocycles. The second-order valence-electron chi connectivity index (χ2n) is 5.72. The van der Waals surface area contributed by atoms with E-state index in [2.05, 4.69) is 10.3 Å². The number of benzene rings is 1. The van der Waals surface area contributed by atoms with Crippen molar-refractivity contribution < 1.29 is 4.79 Å². The molecule has 2 aromatic rings. The van der Waals surface area contributed by atoms with Crippen molar-refractivity contribution in [3.63, 3.8) is 0 Å². The molecule has 3 nitrogen and oxygen atoms in total. The summed E-state index contributed by atoms with van der Waals surface area (Å²) in [6.07, 6.45) is 6.10. The number of H-pyrrole nitrogens is 1. The van der Waals surface area contributed by atoms with Crippen LogP contribution in [0.15, 0.2) is 24.4 Å². The van der Waals surface area contributed by atoms with Gasteiger partial charge >= 0.3 is 0 Å². The number of halogens is 1. The minimum Gasteiger partial charge on any atom is -0.361 e. The fraction of sp³-hybridized carbons (Fsp3) is 0.400. The Morgan fingerprint density at radius 3 is 2.84 bits per heavy atom. The SMILES string of the molecule is O=C(NC1CC1)C1(c2c[nH]c3ccc(Cl)cc23)CC1. The van der Waals surface area contributed by atoms with E-state index in [-0.39, 0.29) is 11.3 Å². The molecule has 2 fully saturated rings. The summed E-state index contributed by atoms with van der Waals surface area (Å²) < 4.78 is 0. The molecule has 0 saturated heterocycles. The standard InChI is InChI=1S/C15H15ClN2O/c16-9-1-4-13-11(7-9)12(8-17-13)15(5-6-15)14(19)18-10-2-3-10/h1,4,7-8,10,17H,2-3,5-6H2,(H,18,19). The molecule has 2 aliphatic carbocycles. The molecule has 0 aliphatic heterocycles. The minimum absolute atomic E-state index is 0.191. The van der Waals surface area contributed by atoms with Crippen LogP contribution in [-0.2, 0) is 10.2 Å². The zero-order chi connectivity index (χ0) is 13.0. The summed E-state index contributed by atoms with van der Waals surface area (Å²) in [5.41, 5.74) is 1.83. The first-order chi connectivity index (χ1) is 9.19. The largest absolute Gasteiger partial charge is 0.361 e. The van der Waals surface area contributed by atoms with E-state index in [1.54, 1.807) is 0 Å². The first-order valence-electron chi connectivity index (χ1n) is 6.77. The molecule has 2 saturated carbocycles. The number of aromatic nitrogens is 1. The number of carbonyl (C=O) groups is 1. The van der Waals surface area contributed by atoms with E-state index in [1.165, 1.54) is 0 Å². The van der Waals surface area contributed by atoms with E-state index >= 15 is 0 Å². The van der Waals surface area contributed by atoms with E-state index in [1.807, 2.05) is 24.4 Å². The predicted molar refractivity (Wildman–Crippen MR) is 75.4 cm³/mol. The van der Waals surface area contributed by atoms with Gasteiger partial charge in [0.25, 0.3) is 0 Å². The number of amides is 1. The van der Waals surface area contributed by atoms with Crippen molar-refractivity contribution in [1.29, 1.82) is 0 Å². The number of carbonyl (C=O) groups excluding carboxylic acids is 1. The summed E-state index contributed by atoms with van der Waals surface area (Å²) >= 11 is 6.08. The number of nitrogens with one attached hydrogen (secondary N) is 2. The molecule has 1 heterocycles. The molecular weight excluding hydrogens is 260 g/mol. The van der Waals surface area contributed by atoms with Crippen LogP contribution in [-0.4, -0.2) is 16.9 Å². The zero-order valence-electron chi connectivity index (χ0n) is 10.5. The Balaban J connectivity index is 1.76. The Bertz CT molecular complexity index is 668. The second kappa shape index (κ2) is 3.76. The smallest absolute Gasteiger partial charge is 0.230 e. The van der Waals surface area contributed by atoms with Crippen LogP contribution < -0.4 is 5.32 Å². The van der Waals surface area contributed by atoms with Crippen LogP contribution in [0.1, 0.15) is 31.2 Å². The Morgan fingerprint density at radius 1 is 1.37 bits per heavy atom. The quantitative estimate of drug-likeness (QED) is 0.887. The molecular formula is C15H15ClN2O. The van der Waals surface area contributed by atoms with Crippen LogP contribution in [0.3, 0.4) is 0 Å². The topological polar surface area (TPSA) is 44.9 Å². The molecule has 19 heavy (non-hydrogen) atoms. The van der Waals surface area contributed by atoms with Crippen LogP contribution in [0.2, 0.25) is 5.02 Å². The van der Waals surface area contributed by atoms with Gasteiger partial charge in [0.15, 0.2) is 0 Å². The van der Waals surface area contributed by atoms with Gasteiger partial charge < -0.3 is 10.3 Å². The van der Waals surface area contributed by atoms with Gasteiger partial charge in [0, 0.05) is 28.2 Å². The van der Waals surface area contributed by atoms with Crippen molar-refractivity contribution in [2.45, 2.75) is 37.1 Å². The lowest BCUT2D eigenvalue weighted by atomic mass is 9.94. The minimum atomic E-state index is -0.314. The first kappa shape index (κ1) is 11.4. The maximum atomic E-state index is 12.4. The van der Waals surface area contributed by atoms with Crippen LogP contribution in [0.5, 0.6) is 0 Å². The third-order valence-electron chi connectivity index (χ3n) is 4.26. The third kappa shape index (κ3) is 1.76. The summed E-state index contributed by atoms with van der Waals surface area (Å²) in [6, 6.07) is 6.20. The molecule has 1 aromatic carbocycles. The lowest BCUT2D eigenvalue weighted by Crippen LogP contribution is -2.35. The highest BCUT2D eigenvalue weighted by molar-refractivity contribution is 6.31. The highest BCUT2D eigenvalue weighted by Gasteiger charge is 2.53. The zero-order valence-corrected chi connectivity index (χ0v) is 11.3. The van der Waals surface area contributed by atoms with Gasteiger partial charge in [-0.2, -0.15) is 0 Å². The Labute approximate surface area is 116 Å². The Kier molecular flexibility index (Phi) is 2.25. The van der Waals surface area contributed by atoms with Crippen molar-refractivity contribution in [3.05, 3.63) is 35.0 Å². The van der Waals surface area contributed by atoms with Crippen molar-refractivity contribution in [1.82, 2.24) is 10.3 Å². The summed E-state index contributed by atoms with van der Waals surface area (Å²) in [6.45, 7) is 0. The molecule has 0 unspecified atom stereocenters. The maximum absolute atomic E-state index is 12.4. The van der Waals surface area contributed by atoms with Gasteiger partial charge in [-0.1, -0.05) is 11.6 Å². The van der Waals surface area contributed by atoms with Crippen LogP contribution in [0.25, 0.3) is 10.9 Å². The van der Waals surface area contributed by atoms with Gasteiger partial charge in [-0.3, -0.25) is 4.79 Å². The fourth-order valence-corrected chi connectivity index (χ4v) is 2.96. The lowest BCUT2D eigenvalue weighted by Gasteiger charge is -2.14. The van der Waals surface area contributed by atoms with Gasteiger partial charge in [-0.25, -0.2) is 0 Å². The van der Waals surface area contributed by atoms with E-state index in [0.717, 1.165) is 42.1 Å². The fourth-order valence-electron chi connectivity index (χ4n) is 2.78.